The summed E-state index contributed by atoms with van der Waals surface area (Å²) in [7, 11) is 3.67. The Hall–Kier alpha value is -2.64. The van der Waals surface area contributed by atoms with Crippen LogP contribution in [0.15, 0.2) is 23.2 Å². The third-order valence-electron chi connectivity index (χ3n) is 5.33. The van der Waals surface area contributed by atoms with Crippen molar-refractivity contribution >= 4 is 11.6 Å². The van der Waals surface area contributed by atoms with Crippen LogP contribution in [0.3, 0.4) is 0 Å². The Labute approximate surface area is 164 Å². The molecule has 0 spiro atoms. The normalized spacial score (nSPS) is 17.3. The van der Waals surface area contributed by atoms with Gasteiger partial charge in [0.05, 0.1) is 5.69 Å². The second-order valence-corrected chi connectivity index (χ2v) is 7.17. The SMILES string of the molecule is CN=C(NCCc1c(C)nn(C)c1C)NC1CCN(c2c(F)cccc2F)C1. The number of aliphatic imine (C=N–C) groups is 1. The maximum Gasteiger partial charge on any atom is 0.191 e. The lowest BCUT2D eigenvalue weighted by molar-refractivity contribution is 0.576. The number of nitrogens with one attached hydrogen (secondary N) is 2. The molecule has 1 saturated heterocycles. The zero-order valence-corrected chi connectivity index (χ0v) is 16.9. The topological polar surface area (TPSA) is 57.5 Å². The van der Waals surface area contributed by atoms with Crippen molar-refractivity contribution in [1.82, 2.24) is 20.4 Å². The summed E-state index contributed by atoms with van der Waals surface area (Å²) >= 11 is 0. The number of hydrogen-bond donors (Lipinski definition) is 2. The molecule has 0 bridgehead atoms. The number of hydrogen-bond acceptors (Lipinski definition) is 3. The van der Waals surface area contributed by atoms with Gasteiger partial charge in [-0.15, -0.1) is 0 Å². The monoisotopic (exact) mass is 390 g/mol. The van der Waals surface area contributed by atoms with Crippen molar-refractivity contribution in [1.29, 1.82) is 0 Å². The summed E-state index contributed by atoms with van der Waals surface area (Å²) in [6.45, 7) is 5.94. The zero-order valence-electron chi connectivity index (χ0n) is 16.9. The Morgan fingerprint density at radius 1 is 1.29 bits per heavy atom. The Morgan fingerprint density at radius 3 is 2.61 bits per heavy atom. The molecule has 0 saturated carbocycles. The number of benzene rings is 1. The van der Waals surface area contributed by atoms with E-state index in [1.165, 1.54) is 29.5 Å². The third kappa shape index (κ3) is 4.26. The lowest BCUT2D eigenvalue weighted by atomic mass is 10.1. The van der Waals surface area contributed by atoms with Gasteiger partial charge in [0.1, 0.15) is 17.3 Å². The summed E-state index contributed by atoms with van der Waals surface area (Å²) in [6.07, 6.45) is 1.64. The first-order valence-corrected chi connectivity index (χ1v) is 9.56. The summed E-state index contributed by atoms with van der Waals surface area (Å²) in [5.74, 6) is -0.351. The van der Waals surface area contributed by atoms with Crippen LogP contribution in [0.1, 0.15) is 23.4 Å². The van der Waals surface area contributed by atoms with Gasteiger partial charge in [-0.2, -0.15) is 5.10 Å². The maximum absolute atomic E-state index is 14.0. The number of nitrogens with zero attached hydrogens (tertiary/aromatic N) is 4. The summed E-state index contributed by atoms with van der Waals surface area (Å²) in [5.41, 5.74) is 3.51. The van der Waals surface area contributed by atoms with Crippen molar-refractivity contribution in [2.45, 2.75) is 32.7 Å². The zero-order chi connectivity index (χ0) is 20.3. The number of aryl methyl sites for hydroxylation is 2. The molecule has 0 amide bonds. The van der Waals surface area contributed by atoms with Gasteiger partial charge in [0, 0.05) is 45.5 Å². The van der Waals surface area contributed by atoms with Crippen molar-refractivity contribution in [3.05, 3.63) is 46.8 Å². The van der Waals surface area contributed by atoms with E-state index in [4.69, 9.17) is 0 Å². The van der Waals surface area contributed by atoms with E-state index >= 15 is 0 Å². The van der Waals surface area contributed by atoms with Gasteiger partial charge in [0.2, 0.25) is 0 Å². The van der Waals surface area contributed by atoms with E-state index in [1.54, 1.807) is 11.9 Å². The van der Waals surface area contributed by atoms with Crippen LogP contribution in [0.25, 0.3) is 0 Å². The lowest BCUT2D eigenvalue weighted by Gasteiger charge is -2.21. The van der Waals surface area contributed by atoms with E-state index in [-0.39, 0.29) is 11.7 Å². The van der Waals surface area contributed by atoms with E-state index in [0.717, 1.165) is 25.1 Å². The van der Waals surface area contributed by atoms with Gasteiger partial charge in [-0.3, -0.25) is 9.67 Å². The number of anilines is 1. The molecule has 0 radical (unpaired) electrons. The molecule has 1 aromatic heterocycles. The minimum absolute atomic E-state index is 0.0530. The molecular formula is C20H28F2N6. The Bertz CT molecular complexity index is 840. The highest BCUT2D eigenvalue weighted by Crippen LogP contribution is 2.26. The maximum atomic E-state index is 14.0. The van der Waals surface area contributed by atoms with Crippen LogP contribution in [-0.4, -0.2) is 48.5 Å². The molecule has 28 heavy (non-hydrogen) atoms. The van der Waals surface area contributed by atoms with Gasteiger partial charge in [-0.05, 0) is 44.4 Å². The van der Waals surface area contributed by atoms with Crippen LogP contribution in [0.5, 0.6) is 0 Å². The highest BCUT2D eigenvalue weighted by Gasteiger charge is 2.27. The molecule has 2 aromatic rings. The summed E-state index contributed by atoms with van der Waals surface area (Å²) < 4.78 is 29.9. The summed E-state index contributed by atoms with van der Waals surface area (Å²) in [4.78, 5) is 6.02. The second kappa shape index (κ2) is 8.58. The molecule has 3 rings (SSSR count). The smallest absolute Gasteiger partial charge is 0.191 e. The van der Waals surface area contributed by atoms with E-state index < -0.39 is 11.6 Å². The average molecular weight is 390 g/mol. The van der Waals surface area contributed by atoms with Crippen molar-refractivity contribution in [2.75, 3.05) is 31.6 Å². The third-order valence-corrected chi connectivity index (χ3v) is 5.33. The molecule has 1 unspecified atom stereocenters. The Balaban J connectivity index is 1.53. The largest absolute Gasteiger partial charge is 0.365 e. The molecule has 6 nitrogen and oxygen atoms in total. The molecular weight excluding hydrogens is 362 g/mol. The molecule has 1 aliphatic heterocycles. The molecule has 1 aliphatic rings. The fourth-order valence-electron chi connectivity index (χ4n) is 3.75. The van der Waals surface area contributed by atoms with Gasteiger partial charge in [0.25, 0.3) is 0 Å². The van der Waals surface area contributed by atoms with Crippen LogP contribution in [-0.2, 0) is 13.5 Å². The Morgan fingerprint density at radius 2 is 2.00 bits per heavy atom. The molecule has 2 N–H and O–H groups in total. The van der Waals surface area contributed by atoms with Crippen molar-refractivity contribution in [2.24, 2.45) is 12.0 Å². The quantitative estimate of drug-likeness (QED) is 0.608. The molecule has 152 valence electrons. The van der Waals surface area contributed by atoms with Crippen molar-refractivity contribution in [3.8, 4) is 0 Å². The summed E-state index contributed by atoms with van der Waals surface area (Å²) in [5, 5.41) is 11.1. The second-order valence-electron chi connectivity index (χ2n) is 7.17. The molecule has 1 fully saturated rings. The van der Waals surface area contributed by atoms with Gasteiger partial charge < -0.3 is 15.5 Å². The summed E-state index contributed by atoms with van der Waals surface area (Å²) in [6, 6.07) is 4.05. The van der Waals surface area contributed by atoms with E-state index in [0.29, 0.717) is 19.0 Å². The predicted molar refractivity (Wildman–Crippen MR) is 108 cm³/mol. The fourth-order valence-corrected chi connectivity index (χ4v) is 3.75. The van der Waals surface area contributed by atoms with Crippen molar-refractivity contribution < 1.29 is 8.78 Å². The minimum Gasteiger partial charge on any atom is -0.365 e. The first-order valence-electron chi connectivity index (χ1n) is 9.56. The van der Waals surface area contributed by atoms with Gasteiger partial charge in [-0.25, -0.2) is 8.78 Å². The highest BCUT2D eigenvalue weighted by atomic mass is 19.1. The average Bonchev–Trinajstić information content (AvgIpc) is 3.20. The van der Waals surface area contributed by atoms with Crippen LogP contribution in [0.2, 0.25) is 0 Å². The number of rotatable bonds is 5. The molecule has 2 heterocycles. The standard InChI is InChI=1S/C20H28F2N6/c1-13-16(14(2)27(4)26-13)8-10-24-20(23-3)25-15-9-11-28(12-15)19-17(21)6-5-7-18(19)22/h5-7,15H,8-12H2,1-4H3,(H2,23,24,25). The number of guanidine groups is 1. The van der Waals surface area contributed by atoms with Gasteiger partial charge in [-0.1, -0.05) is 6.07 Å². The number of para-hydroxylation sites is 1. The van der Waals surface area contributed by atoms with E-state index in [1.807, 2.05) is 18.7 Å². The fraction of sp³-hybridized carbons (Fsp3) is 0.500. The minimum atomic E-state index is -0.523. The van der Waals surface area contributed by atoms with Crippen LogP contribution >= 0.6 is 0 Å². The van der Waals surface area contributed by atoms with Gasteiger partial charge >= 0.3 is 0 Å². The van der Waals surface area contributed by atoms with E-state index in [2.05, 4.69) is 27.6 Å². The first kappa shape index (κ1) is 20.1. The molecule has 8 heteroatoms. The predicted octanol–water partition coefficient (Wildman–Crippen LogP) is 2.30. The van der Waals surface area contributed by atoms with Crippen LogP contribution in [0, 0.1) is 25.5 Å². The van der Waals surface area contributed by atoms with Crippen LogP contribution in [0.4, 0.5) is 14.5 Å². The van der Waals surface area contributed by atoms with E-state index in [9.17, 15) is 8.78 Å². The first-order chi connectivity index (χ1) is 13.4. The highest BCUT2D eigenvalue weighted by molar-refractivity contribution is 5.80. The molecule has 0 aliphatic carbocycles. The van der Waals surface area contributed by atoms with Crippen LogP contribution < -0.4 is 15.5 Å². The number of halogens is 2. The Kier molecular flexibility index (Phi) is 6.16. The van der Waals surface area contributed by atoms with Crippen molar-refractivity contribution in [3.63, 3.8) is 0 Å². The lowest BCUT2D eigenvalue weighted by Crippen LogP contribution is -2.45. The van der Waals surface area contributed by atoms with Gasteiger partial charge in [0.15, 0.2) is 5.96 Å². The number of aromatic nitrogens is 2. The molecule has 1 aromatic carbocycles. The molecule has 1 atom stereocenters.